The van der Waals surface area contributed by atoms with Crippen LogP contribution in [0.25, 0.3) is 0 Å². The van der Waals surface area contributed by atoms with E-state index in [0.717, 1.165) is 6.42 Å². The molecule has 1 rings (SSSR count). The van der Waals surface area contributed by atoms with E-state index in [1.807, 2.05) is 27.7 Å². The van der Waals surface area contributed by atoms with Gasteiger partial charge in [0.1, 0.15) is 11.6 Å². The zero-order valence-electron chi connectivity index (χ0n) is 12.0. The monoisotopic (exact) mass is 256 g/mol. The van der Waals surface area contributed by atoms with Crippen LogP contribution in [0.4, 0.5) is 4.79 Å². The third-order valence-electron chi connectivity index (χ3n) is 2.98. The van der Waals surface area contributed by atoms with Gasteiger partial charge in [-0.2, -0.15) is 0 Å². The van der Waals surface area contributed by atoms with Crippen LogP contribution in [0.5, 0.6) is 0 Å². The molecule has 5 heteroatoms. The van der Waals surface area contributed by atoms with Crippen molar-refractivity contribution in [1.29, 1.82) is 0 Å². The minimum Gasteiger partial charge on any atom is -0.458 e. The van der Waals surface area contributed by atoms with E-state index in [9.17, 15) is 9.59 Å². The molecule has 104 valence electrons. The number of urea groups is 1. The van der Waals surface area contributed by atoms with Crippen LogP contribution in [0.3, 0.4) is 0 Å². The fourth-order valence-electron chi connectivity index (χ4n) is 1.97. The molecule has 2 amide bonds. The first-order valence-electron chi connectivity index (χ1n) is 6.51. The Morgan fingerprint density at radius 2 is 2.00 bits per heavy atom. The number of ether oxygens (including phenoxy) is 1. The molecule has 1 aliphatic heterocycles. The van der Waals surface area contributed by atoms with Gasteiger partial charge in [0.05, 0.1) is 0 Å². The first-order chi connectivity index (χ1) is 8.26. The summed E-state index contributed by atoms with van der Waals surface area (Å²) in [5.74, 6) is -0.294. The topological polar surface area (TPSA) is 49.9 Å². The molecule has 0 N–H and O–H groups in total. The zero-order valence-corrected chi connectivity index (χ0v) is 12.0. The van der Waals surface area contributed by atoms with E-state index in [1.165, 1.54) is 0 Å². The van der Waals surface area contributed by atoms with Gasteiger partial charge in [0, 0.05) is 20.1 Å². The van der Waals surface area contributed by atoms with Crippen molar-refractivity contribution >= 4 is 12.0 Å². The SMILES string of the molecule is CCN(C)C(=O)N1CCC[C@@H]1C(=O)OC(C)(C)C. The summed E-state index contributed by atoms with van der Waals surface area (Å²) in [4.78, 5) is 27.4. The van der Waals surface area contributed by atoms with Crippen LogP contribution in [0, 0.1) is 0 Å². The van der Waals surface area contributed by atoms with Crippen molar-refractivity contribution in [2.75, 3.05) is 20.1 Å². The lowest BCUT2D eigenvalue weighted by Crippen LogP contribution is -2.48. The molecule has 1 heterocycles. The van der Waals surface area contributed by atoms with E-state index in [2.05, 4.69) is 0 Å². The van der Waals surface area contributed by atoms with Crippen molar-refractivity contribution in [3.63, 3.8) is 0 Å². The Bertz CT molecular complexity index is 323. The number of hydrogen-bond acceptors (Lipinski definition) is 3. The van der Waals surface area contributed by atoms with Gasteiger partial charge in [-0.3, -0.25) is 0 Å². The molecule has 1 atom stereocenters. The number of carbonyl (C=O) groups is 2. The Morgan fingerprint density at radius 1 is 1.39 bits per heavy atom. The maximum absolute atomic E-state index is 12.1. The highest BCUT2D eigenvalue weighted by Crippen LogP contribution is 2.22. The summed E-state index contributed by atoms with van der Waals surface area (Å²) in [6.45, 7) is 8.69. The summed E-state index contributed by atoms with van der Waals surface area (Å²) in [5.41, 5.74) is -0.509. The van der Waals surface area contributed by atoms with Crippen LogP contribution in [0.2, 0.25) is 0 Å². The first-order valence-corrected chi connectivity index (χ1v) is 6.51. The Balaban J connectivity index is 2.70. The lowest BCUT2D eigenvalue weighted by Gasteiger charge is -2.30. The van der Waals surface area contributed by atoms with Gasteiger partial charge in [0.2, 0.25) is 0 Å². The second kappa shape index (κ2) is 5.59. The standard InChI is InChI=1S/C13H24N2O3/c1-6-14(5)12(17)15-9-7-8-10(15)11(16)18-13(2,3)4/h10H,6-9H2,1-5H3/t10-/m1/s1. The van der Waals surface area contributed by atoms with Crippen molar-refractivity contribution in [2.45, 2.75) is 52.2 Å². The van der Waals surface area contributed by atoms with Crippen LogP contribution >= 0.6 is 0 Å². The Morgan fingerprint density at radius 3 is 2.50 bits per heavy atom. The number of amides is 2. The highest BCUT2D eigenvalue weighted by Gasteiger charge is 2.37. The molecule has 0 spiro atoms. The minimum absolute atomic E-state index is 0.0918. The third-order valence-corrected chi connectivity index (χ3v) is 2.98. The summed E-state index contributed by atoms with van der Waals surface area (Å²) >= 11 is 0. The minimum atomic E-state index is -0.509. The number of esters is 1. The van der Waals surface area contributed by atoms with Gasteiger partial charge in [-0.05, 0) is 40.5 Å². The maximum Gasteiger partial charge on any atom is 0.329 e. The number of carbonyl (C=O) groups excluding carboxylic acids is 2. The molecule has 0 radical (unpaired) electrons. The van der Waals surface area contributed by atoms with Crippen LogP contribution in [0.15, 0.2) is 0 Å². The summed E-state index contributed by atoms with van der Waals surface area (Å²) in [6.07, 6.45) is 1.55. The van der Waals surface area contributed by atoms with Crippen molar-refractivity contribution in [3.05, 3.63) is 0 Å². The molecule has 0 aromatic rings. The lowest BCUT2D eigenvalue weighted by molar-refractivity contribution is -0.159. The predicted molar refractivity (Wildman–Crippen MR) is 69.3 cm³/mol. The molecule has 0 aromatic carbocycles. The second-order valence-corrected chi connectivity index (χ2v) is 5.68. The van der Waals surface area contributed by atoms with Crippen LogP contribution in [-0.4, -0.2) is 53.6 Å². The van der Waals surface area contributed by atoms with Crippen molar-refractivity contribution < 1.29 is 14.3 Å². The zero-order chi connectivity index (χ0) is 13.9. The summed E-state index contributed by atoms with van der Waals surface area (Å²) < 4.78 is 5.36. The van der Waals surface area contributed by atoms with E-state index >= 15 is 0 Å². The Labute approximate surface area is 109 Å². The number of likely N-dealkylation sites (tertiary alicyclic amines) is 1. The van der Waals surface area contributed by atoms with Crippen molar-refractivity contribution in [3.8, 4) is 0 Å². The Kier molecular flexibility index (Phi) is 4.59. The van der Waals surface area contributed by atoms with Gasteiger partial charge in [0.15, 0.2) is 0 Å². The highest BCUT2D eigenvalue weighted by atomic mass is 16.6. The van der Waals surface area contributed by atoms with Crippen LogP contribution in [-0.2, 0) is 9.53 Å². The molecule has 1 fully saturated rings. The van der Waals surface area contributed by atoms with Gasteiger partial charge in [-0.1, -0.05) is 0 Å². The van der Waals surface area contributed by atoms with Gasteiger partial charge in [0.25, 0.3) is 0 Å². The smallest absolute Gasteiger partial charge is 0.329 e. The molecule has 1 aliphatic rings. The normalized spacial score (nSPS) is 19.8. The molecule has 0 aliphatic carbocycles. The van der Waals surface area contributed by atoms with E-state index in [0.29, 0.717) is 19.5 Å². The van der Waals surface area contributed by atoms with Gasteiger partial charge in [-0.15, -0.1) is 0 Å². The molecule has 0 aromatic heterocycles. The Hall–Kier alpha value is -1.26. The molecule has 0 unspecified atom stereocenters. The van der Waals surface area contributed by atoms with Gasteiger partial charge in [-0.25, -0.2) is 9.59 Å². The van der Waals surface area contributed by atoms with Crippen molar-refractivity contribution in [1.82, 2.24) is 9.80 Å². The van der Waals surface area contributed by atoms with E-state index < -0.39 is 11.6 Å². The van der Waals surface area contributed by atoms with Gasteiger partial charge < -0.3 is 14.5 Å². The quantitative estimate of drug-likeness (QED) is 0.709. The largest absolute Gasteiger partial charge is 0.458 e. The molecule has 0 saturated carbocycles. The van der Waals surface area contributed by atoms with Gasteiger partial charge >= 0.3 is 12.0 Å². The summed E-state index contributed by atoms with van der Waals surface area (Å²) in [6, 6.07) is -0.517. The van der Waals surface area contributed by atoms with Crippen LogP contribution in [0.1, 0.15) is 40.5 Å². The van der Waals surface area contributed by atoms with E-state index in [1.54, 1.807) is 16.8 Å². The summed E-state index contributed by atoms with van der Waals surface area (Å²) in [7, 11) is 1.74. The molecular weight excluding hydrogens is 232 g/mol. The molecule has 5 nitrogen and oxygen atoms in total. The van der Waals surface area contributed by atoms with E-state index in [4.69, 9.17) is 4.74 Å². The molecular formula is C13H24N2O3. The average molecular weight is 256 g/mol. The fourth-order valence-corrected chi connectivity index (χ4v) is 1.97. The number of nitrogens with zero attached hydrogens (tertiary/aromatic N) is 2. The average Bonchev–Trinajstić information content (AvgIpc) is 2.73. The fraction of sp³-hybridized carbons (Fsp3) is 0.846. The first kappa shape index (κ1) is 14.8. The third kappa shape index (κ3) is 3.62. The maximum atomic E-state index is 12.1. The van der Waals surface area contributed by atoms with Crippen LogP contribution < -0.4 is 0 Å². The molecule has 0 bridgehead atoms. The van der Waals surface area contributed by atoms with Crippen molar-refractivity contribution in [2.24, 2.45) is 0 Å². The second-order valence-electron chi connectivity index (χ2n) is 5.68. The number of hydrogen-bond donors (Lipinski definition) is 0. The molecule has 18 heavy (non-hydrogen) atoms. The highest BCUT2D eigenvalue weighted by molar-refractivity contribution is 5.84. The number of rotatable bonds is 2. The predicted octanol–water partition coefficient (Wildman–Crippen LogP) is 1.86. The summed E-state index contributed by atoms with van der Waals surface area (Å²) in [5, 5.41) is 0. The molecule has 1 saturated heterocycles. The lowest BCUT2D eigenvalue weighted by atomic mass is 10.1. The van der Waals surface area contributed by atoms with E-state index in [-0.39, 0.29) is 12.0 Å².